The summed E-state index contributed by atoms with van der Waals surface area (Å²) in [6, 6.07) is 5.79. The molecule has 0 atom stereocenters. The number of benzene rings is 1. The van der Waals surface area contributed by atoms with Crippen LogP contribution in [0.5, 0.6) is 5.75 Å². The Bertz CT molecular complexity index is 1330. The Balaban J connectivity index is 0.000000429. The third-order valence-corrected chi connectivity index (χ3v) is 5.76. The van der Waals surface area contributed by atoms with Gasteiger partial charge < -0.3 is 19.7 Å². The van der Waals surface area contributed by atoms with Crippen LogP contribution in [0.2, 0.25) is 5.02 Å². The number of halogens is 4. The molecule has 3 heterocycles. The number of aliphatic carboxylic acids is 1. The zero-order valence-corrected chi connectivity index (χ0v) is 19.7. The summed E-state index contributed by atoms with van der Waals surface area (Å²) in [7, 11) is 3.40. The first-order valence-electron chi connectivity index (χ1n) is 10.5. The van der Waals surface area contributed by atoms with Crippen LogP contribution in [0.25, 0.3) is 28.0 Å². The Kier molecular flexibility index (Phi) is 8.18. The van der Waals surface area contributed by atoms with Gasteiger partial charge in [0.25, 0.3) is 5.56 Å². The fourth-order valence-corrected chi connectivity index (χ4v) is 3.96. The van der Waals surface area contributed by atoms with Gasteiger partial charge in [-0.3, -0.25) is 9.78 Å². The molecule has 0 spiro atoms. The Morgan fingerprint density at radius 3 is 2.51 bits per heavy atom. The minimum Gasteiger partial charge on any atom is -0.496 e. The molecular weight excluding hydrogens is 487 g/mol. The summed E-state index contributed by atoms with van der Waals surface area (Å²) >= 11 is 6.68. The second-order valence-electron chi connectivity index (χ2n) is 7.81. The van der Waals surface area contributed by atoms with E-state index in [0.717, 1.165) is 53.8 Å². The molecule has 0 aliphatic carbocycles. The van der Waals surface area contributed by atoms with Gasteiger partial charge in [0.15, 0.2) is 0 Å². The molecule has 3 aromatic rings. The lowest BCUT2D eigenvalue weighted by Gasteiger charge is -2.17. The van der Waals surface area contributed by atoms with Gasteiger partial charge in [-0.25, -0.2) is 4.79 Å². The molecule has 2 N–H and O–H groups in total. The molecule has 1 aliphatic heterocycles. The van der Waals surface area contributed by atoms with Gasteiger partial charge in [0, 0.05) is 36.8 Å². The van der Waals surface area contributed by atoms with E-state index in [1.54, 1.807) is 31.1 Å². The molecule has 0 radical (unpaired) electrons. The molecule has 1 fully saturated rings. The molecule has 2 aromatic heterocycles. The molecule has 1 saturated heterocycles. The van der Waals surface area contributed by atoms with Crippen molar-refractivity contribution in [3.63, 3.8) is 0 Å². The standard InChI is InChI=1S/C22H22ClN3O2.C2HF3O2/c1-26-13-19(16-5-8-25-12-18(16)22(26)27)15-10-20(23)17(21(11-15)28-2)9-14-3-6-24-7-4-14;3-2(4,5)1(6)7/h5,8-13,24H,3-4,6-7H2,1-2H3;(H,6,7). The smallest absolute Gasteiger partial charge is 0.490 e. The first-order valence-corrected chi connectivity index (χ1v) is 10.9. The highest BCUT2D eigenvalue weighted by atomic mass is 35.5. The third-order valence-electron chi connectivity index (χ3n) is 5.44. The van der Waals surface area contributed by atoms with E-state index < -0.39 is 12.1 Å². The van der Waals surface area contributed by atoms with E-state index in [1.165, 1.54) is 5.57 Å². The fraction of sp³-hybridized carbons (Fsp3) is 0.292. The monoisotopic (exact) mass is 509 g/mol. The first kappa shape index (κ1) is 26.2. The molecule has 1 aliphatic rings. The van der Waals surface area contributed by atoms with Crippen molar-refractivity contribution in [1.29, 1.82) is 0 Å². The second kappa shape index (κ2) is 10.9. The summed E-state index contributed by atoms with van der Waals surface area (Å²) in [6.07, 6.45) is 4.23. The number of nitrogens with zero attached hydrogens (tertiary/aromatic N) is 2. The lowest BCUT2D eigenvalue weighted by molar-refractivity contribution is -0.192. The number of carboxylic acid groups (broad SMARTS) is 1. The predicted molar refractivity (Wildman–Crippen MR) is 128 cm³/mol. The number of carboxylic acids is 1. The number of piperidine rings is 1. The Labute approximate surface area is 203 Å². The van der Waals surface area contributed by atoms with Gasteiger partial charge in [-0.1, -0.05) is 23.3 Å². The SMILES string of the molecule is COc1cc(-c2cn(C)c(=O)c3cnccc23)cc(Cl)c1C=C1CCNCC1.O=C(O)C(F)(F)F. The number of hydrogen-bond donors (Lipinski definition) is 2. The van der Waals surface area contributed by atoms with Crippen LogP contribution in [0.4, 0.5) is 13.2 Å². The molecule has 0 amide bonds. The normalized spacial score (nSPS) is 13.7. The summed E-state index contributed by atoms with van der Waals surface area (Å²) in [5, 5.41) is 12.6. The molecule has 11 heteroatoms. The van der Waals surface area contributed by atoms with E-state index in [9.17, 15) is 18.0 Å². The molecule has 0 unspecified atom stereocenters. The number of fused-ring (bicyclic) bond motifs is 1. The predicted octanol–water partition coefficient (Wildman–Crippen LogP) is 4.66. The zero-order valence-electron chi connectivity index (χ0n) is 18.9. The van der Waals surface area contributed by atoms with Crippen LogP contribution >= 0.6 is 11.6 Å². The van der Waals surface area contributed by atoms with Crippen LogP contribution < -0.4 is 15.6 Å². The summed E-state index contributed by atoms with van der Waals surface area (Å²) in [6.45, 7) is 1.98. The van der Waals surface area contributed by atoms with Crippen molar-refractivity contribution in [3.8, 4) is 16.9 Å². The summed E-state index contributed by atoms with van der Waals surface area (Å²) in [4.78, 5) is 25.4. The number of carbonyl (C=O) groups is 1. The van der Waals surface area contributed by atoms with E-state index in [1.807, 2.05) is 24.4 Å². The Hall–Kier alpha value is -3.37. The number of aryl methyl sites for hydroxylation is 1. The Morgan fingerprint density at radius 1 is 1.26 bits per heavy atom. The van der Waals surface area contributed by atoms with E-state index in [4.69, 9.17) is 26.2 Å². The number of methoxy groups -OCH3 is 1. The number of hydrogen-bond acceptors (Lipinski definition) is 5. The molecule has 7 nitrogen and oxygen atoms in total. The topological polar surface area (TPSA) is 93.5 Å². The van der Waals surface area contributed by atoms with Gasteiger partial charge in [-0.2, -0.15) is 13.2 Å². The quantitative estimate of drug-likeness (QED) is 0.533. The highest BCUT2D eigenvalue weighted by Crippen LogP contribution is 2.37. The maximum atomic E-state index is 12.4. The van der Waals surface area contributed by atoms with Crippen LogP contribution in [-0.4, -0.2) is 47.0 Å². The highest BCUT2D eigenvalue weighted by Gasteiger charge is 2.38. The van der Waals surface area contributed by atoms with Crippen molar-refractivity contribution in [2.75, 3.05) is 20.2 Å². The number of pyridine rings is 2. The molecule has 1 aromatic carbocycles. The van der Waals surface area contributed by atoms with E-state index >= 15 is 0 Å². The van der Waals surface area contributed by atoms with Gasteiger partial charge in [0.1, 0.15) is 5.75 Å². The average Bonchev–Trinajstić information content (AvgIpc) is 2.83. The molecular formula is C24H23ClF3N3O4. The maximum absolute atomic E-state index is 12.4. The largest absolute Gasteiger partial charge is 0.496 e. The molecule has 0 saturated carbocycles. The van der Waals surface area contributed by atoms with E-state index in [0.29, 0.717) is 10.4 Å². The van der Waals surface area contributed by atoms with Crippen LogP contribution in [0.3, 0.4) is 0 Å². The van der Waals surface area contributed by atoms with Crippen LogP contribution in [-0.2, 0) is 11.8 Å². The summed E-state index contributed by atoms with van der Waals surface area (Å²) in [5.41, 5.74) is 4.02. The molecule has 35 heavy (non-hydrogen) atoms. The number of ether oxygens (including phenoxy) is 1. The van der Waals surface area contributed by atoms with Crippen molar-refractivity contribution in [2.24, 2.45) is 7.05 Å². The number of nitrogens with one attached hydrogen (secondary N) is 1. The van der Waals surface area contributed by atoms with Crippen LogP contribution in [0, 0.1) is 0 Å². The van der Waals surface area contributed by atoms with E-state index in [-0.39, 0.29) is 5.56 Å². The number of aromatic nitrogens is 2. The lowest BCUT2D eigenvalue weighted by atomic mass is 9.97. The molecule has 0 bridgehead atoms. The van der Waals surface area contributed by atoms with Gasteiger partial charge in [0.2, 0.25) is 0 Å². The fourth-order valence-electron chi connectivity index (χ4n) is 3.70. The first-order chi connectivity index (χ1) is 16.5. The van der Waals surface area contributed by atoms with E-state index in [2.05, 4.69) is 16.4 Å². The minimum absolute atomic E-state index is 0.0721. The van der Waals surface area contributed by atoms with Gasteiger partial charge >= 0.3 is 12.1 Å². The summed E-state index contributed by atoms with van der Waals surface area (Å²) in [5.74, 6) is -2.03. The minimum atomic E-state index is -5.08. The van der Waals surface area contributed by atoms with Crippen molar-refractivity contribution < 1.29 is 27.8 Å². The van der Waals surface area contributed by atoms with Crippen molar-refractivity contribution >= 4 is 34.4 Å². The van der Waals surface area contributed by atoms with Crippen molar-refractivity contribution in [2.45, 2.75) is 19.0 Å². The summed E-state index contributed by atoms with van der Waals surface area (Å²) < 4.78 is 39.0. The number of rotatable bonds is 3. The highest BCUT2D eigenvalue weighted by molar-refractivity contribution is 6.32. The maximum Gasteiger partial charge on any atom is 0.490 e. The molecule has 4 rings (SSSR count). The average molecular weight is 510 g/mol. The van der Waals surface area contributed by atoms with Crippen LogP contribution in [0.15, 0.2) is 47.2 Å². The van der Waals surface area contributed by atoms with Gasteiger partial charge in [0.05, 0.1) is 17.5 Å². The van der Waals surface area contributed by atoms with Crippen molar-refractivity contribution in [1.82, 2.24) is 14.9 Å². The van der Waals surface area contributed by atoms with Gasteiger partial charge in [-0.05, 0) is 55.1 Å². The lowest BCUT2D eigenvalue weighted by Crippen LogP contribution is -2.22. The van der Waals surface area contributed by atoms with Crippen LogP contribution in [0.1, 0.15) is 18.4 Å². The number of alkyl halides is 3. The zero-order chi connectivity index (χ0) is 25.8. The van der Waals surface area contributed by atoms with Crippen molar-refractivity contribution in [3.05, 3.63) is 63.3 Å². The Morgan fingerprint density at radius 2 is 1.91 bits per heavy atom. The molecule has 186 valence electrons. The van der Waals surface area contributed by atoms with Gasteiger partial charge in [-0.15, -0.1) is 0 Å². The third kappa shape index (κ3) is 6.20. The second-order valence-corrected chi connectivity index (χ2v) is 8.22.